The van der Waals surface area contributed by atoms with Crippen LogP contribution in [-0.2, 0) is 9.59 Å². The summed E-state index contributed by atoms with van der Waals surface area (Å²) >= 11 is 8.92. The number of hydrogen-bond acceptors (Lipinski definition) is 4. The molecule has 1 aliphatic heterocycles. The number of hydrogen-bond donors (Lipinski definition) is 0. The van der Waals surface area contributed by atoms with Gasteiger partial charge in [-0.25, -0.2) is 9.97 Å². The van der Waals surface area contributed by atoms with Crippen LogP contribution in [0.3, 0.4) is 0 Å². The standard InChI is InChI=1S/C8H5BrClN3O2/c9-5-2-11-8(7(10)12-5)13-3-4(14)1-6(13)15/h2H,1,3H2. The third-order valence-corrected chi connectivity index (χ3v) is 2.56. The van der Waals surface area contributed by atoms with Crippen LogP contribution in [0.25, 0.3) is 0 Å². The van der Waals surface area contributed by atoms with E-state index >= 15 is 0 Å². The Kier molecular flexibility index (Phi) is 2.70. The van der Waals surface area contributed by atoms with E-state index in [1.807, 2.05) is 0 Å². The van der Waals surface area contributed by atoms with Crippen molar-refractivity contribution in [1.82, 2.24) is 9.97 Å². The highest BCUT2D eigenvalue weighted by atomic mass is 79.9. The lowest BCUT2D eigenvalue weighted by atomic mass is 10.3. The zero-order chi connectivity index (χ0) is 11.0. The maximum atomic E-state index is 11.4. The van der Waals surface area contributed by atoms with Gasteiger partial charge in [0.2, 0.25) is 5.91 Å². The third-order valence-electron chi connectivity index (χ3n) is 1.92. The first-order valence-corrected chi connectivity index (χ1v) is 5.25. The lowest BCUT2D eigenvalue weighted by molar-refractivity contribution is -0.121. The van der Waals surface area contributed by atoms with Crippen molar-refractivity contribution in [2.45, 2.75) is 6.42 Å². The molecule has 0 aliphatic carbocycles. The molecule has 0 saturated carbocycles. The summed E-state index contributed by atoms with van der Waals surface area (Å²) in [4.78, 5) is 31.5. The Labute approximate surface area is 98.6 Å². The molecule has 0 atom stereocenters. The molecule has 1 aliphatic rings. The van der Waals surface area contributed by atoms with Gasteiger partial charge in [0.1, 0.15) is 4.60 Å². The Morgan fingerprint density at radius 1 is 1.47 bits per heavy atom. The summed E-state index contributed by atoms with van der Waals surface area (Å²) in [6.45, 7) is 0.0227. The van der Waals surface area contributed by atoms with E-state index in [9.17, 15) is 9.59 Å². The molecule has 1 amide bonds. The molecule has 2 heterocycles. The van der Waals surface area contributed by atoms with Crippen LogP contribution >= 0.6 is 27.5 Å². The van der Waals surface area contributed by atoms with Gasteiger partial charge in [-0.05, 0) is 15.9 Å². The number of carbonyl (C=O) groups excluding carboxylic acids is 2. The summed E-state index contributed by atoms with van der Waals surface area (Å²) in [5.41, 5.74) is 0. The van der Waals surface area contributed by atoms with E-state index in [-0.39, 0.29) is 35.6 Å². The molecule has 0 spiro atoms. The lowest BCUT2D eigenvalue weighted by Crippen LogP contribution is -2.26. The van der Waals surface area contributed by atoms with Crippen molar-refractivity contribution in [3.63, 3.8) is 0 Å². The van der Waals surface area contributed by atoms with Crippen LogP contribution in [0.15, 0.2) is 10.8 Å². The van der Waals surface area contributed by atoms with Crippen LogP contribution in [-0.4, -0.2) is 28.2 Å². The van der Waals surface area contributed by atoms with E-state index in [1.54, 1.807) is 0 Å². The highest BCUT2D eigenvalue weighted by Crippen LogP contribution is 2.25. The minimum atomic E-state index is -0.293. The van der Waals surface area contributed by atoms with E-state index in [1.165, 1.54) is 11.1 Å². The van der Waals surface area contributed by atoms with Gasteiger partial charge in [-0.15, -0.1) is 0 Å². The summed E-state index contributed by atoms with van der Waals surface area (Å²) in [5.74, 6) is -0.199. The Morgan fingerprint density at radius 3 is 2.73 bits per heavy atom. The minimum absolute atomic E-state index is 0.0227. The smallest absolute Gasteiger partial charge is 0.236 e. The number of ketones is 1. The molecule has 7 heteroatoms. The van der Waals surface area contributed by atoms with Crippen LogP contribution in [0.4, 0.5) is 5.82 Å². The summed E-state index contributed by atoms with van der Waals surface area (Å²) in [6, 6.07) is 0. The molecule has 0 N–H and O–H groups in total. The maximum absolute atomic E-state index is 11.4. The summed E-state index contributed by atoms with van der Waals surface area (Å²) in [7, 11) is 0. The summed E-state index contributed by atoms with van der Waals surface area (Å²) in [5, 5.41) is 0.104. The molecule has 2 rings (SSSR count). The zero-order valence-corrected chi connectivity index (χ0v) is 9.75. The Bertz CT molecular complexity index is 452. The third kappa shape index (κ3) is 2.00. The van der Waals surface area contributed by atoms with Gasteiger partial charge in [-0.3, -0.25) is 14.5 Å². The van der Waals surface area contributed by atoms with Crippen molar-refractivity contribution < 1.29 is 9.59 Å². The molecular formula is C8H5BrClN3O2. The predicted molar refractivity (Wildman–Crippen MR) is 56.7 cm³/mol. The SMILES string of the molecule is O=C1CC(=O)N(c2ncc(Br)nc2Cl)C1. The predicted octanol–water partition coefficient (Wildman–Crippen LogP) is 1.20. The molecule has 5 nitrogen and oxygen atoms in total. The topological polar surface area (TPSA) is 63.2 Å². The molecule has 0 unspecified atom stereocenters. The van der Waals surface area contributed by atoms with Crippen LogP contribution in [0.5, 0.6) is 0 Å². The first kappa shape index (κ1) is 10.5. The number of halogens is 2. The molecule has 0 bridgehead atoms. The highest BCUT2D eigenvalue weighted by Gasteiger charge is 2.31. The molecule has 1 aromatic heterocycles. The van der Waals surface area contributed by atoms with Crippen LogP contribution < -0.4 is 4.90 Å². The normalized spacial score (nSPS) is 16.3. The number of anilines is 1. The first-order valence-electron chi connectivity index (χ1n) is 4.08. The maximum Gasteiger partial charge on any atom is 0.236 e. The van der Waals surface area contributed by atoms with Crippen molar-refractivity contribution in [2.24, 2.45) is 0 Å². The molecule has 0 aromatic carbocycles. The van der Waals surface area contributed by atoms with Crippen LogP contribution in [0.1, 0.15) is 6.42 Å². The molecule has 78 valence electrons. The molecule has 1 aromatic rings. The van der Waals surface area contributed by atoms with E-state index in [2.05, 4.69) is 25.9 Å². The van der Waals surface area contributed by atoms with Gasteiger partial charge in [0.15, 0.2) is 16.8 Å². The molecule has 1 saturated heterocycles. The summed E-state index contributed by atoms with van der Waals surface area (Å²) < 4.78 is 0.481. The molecular weight excluding hydrogens is 285 g/mol. The van der Waals surface area contributed by atoms with Crippen molar-refractivity contribution in [3.8, 4) is 0 Å². The fourth-order valence-electron chi connectivity index (χ4n) is 1.30. The molecule has 15 heavy (non-hydrogen) atoms. The van der Waals surface area contributed by atoms with Crippen LogP contribution in [0.2, 0.25) is 5.15 Å². The van der Waals surface area contributed by atoms with E-state index in [0.717, 1.165) is 0 Å². The van der Waals surface area contributed by atoms with Gasteiger partial charge in [0.25, 0.3) is 0 Å². The van der Waals surface area contributed by atoms with E-state index < -0.39 is 0 Å². The van der Waals surface area contributed by atoms with Gasteiger partial charge in [0, 0.05) is 0 Å². The van der Waals surface area contributed by atoms with Gasteiger partial charge in [-0.1, -0.05) is 11.6 Å². The van der Waals surface area contributed by atoms with Crippen molar-refractivity contribution in [3.05, 3.63) is 16.0 Å². The number of aromatic nitrogens is 2. The second kappa shape index (κ2) is 3.86. The largest absolute Gasteiger partial charge is 0.297 e. The van der Waals surface area contributed by atoms with Gasteiger partial charge < -0.3 is 0 Å². The Balaban J connectivity index is 2.38. The Morgan fingerprint density at radius 2 is 2.20 bits per heavy atom. The number of rotatable bonds is 1. The number of carbonyl (C=O) groups is 2. The van der Waals surface area contributed by atoms with Crippen LogP contribution in [0, 0.1) is 0 Å². The van der Waals surface area contributed by atoms with Crippen molar-refractivity contribution >= 4 is 45.0 Å². The van der Waals surface area contributed by atoms with Gasteiger partial charge >= 0.3 is 0 Å². The minimum Gasteiger partial charge on any atom is -0.297 e. The Hall–Kier alpha value is -1.01. The average Bonchev–Trinajstić information content (AvgIpc) is 2.45. The lowest BCUT2D eigenvalue weighted by Gasteiger charge is -2.13. The number of Topliss-reactive ketones (excluding diaryl/α,β-unsaturated/α-hetero) is 1. The number of amides is 1. The first-order chi connectivity index (χ1) is 7.08. The fourth-order valence-corrected chi connectivity index (χ4v) is 1.92. The van der Waals surface area contributed by atoms with E-state index in [4.69, 9.17) is 11.6 Å². The molecule has 1 fully saturated rings. The number of nitrogens with zero attached hydrogens (tertiary/aromatic N) is 3. The summed E-state index contributed by atoms with van der Waals surface area (Å²) in [6.07, 6.45) is 1.34. The highest BCUT2D eigenvalue weighted by molar-refractivity contribution is 9.10. The van der Waals surface area contributed by atoms with E-state index in [0.29, 0.717) is 4.60 Å². The monoisotopic (exact) mass is 289 g/mol. The second-order valence-electron chi connectivity index (χ2n) is 3.00. The molecule has 0 radical (unpaired) electrons. The quantitative estimate of drug-likeness (QED) is 0.729. The zero-order valence-electron chi connectivity index (χ0n) is 7.41. The van der Waals surface area contributed by atoms with Crippen molar-refractivity contribution in [2.75, 3.05) is 11.4 Å². The second-order valence-corrected chi connectivity index (χ2v) is 4.17. The van der Waals surface area contributed by atoms with Crippen molar-refractivity contribution in [1.29, 1.82) is 0 Å². The fraction of sp³-hybridized carbons (Fsp3) is 0.250. The van der Waals surface area contributed by atoms with Gasteiger partial charge in [-0.2, -0.15) is 0 Å². The average molecular weight is 291 g/mol. The van der Waals surface area contributed by atoms with Gasteiger partial charge in [0.05, 0.1) is 19.2 Å².